The largest absolute Gasteiger partial charge is 0.488 e. The Morgan fingerprint density at radius 3 is 3.09 bits per heavy atom. The van der Waals surface area contributed by atoms with Gasteiger partial charge in [-0.05, 0) is 5.47 Å². The summed E-state index contributed by atoms with van der Waals surface area (Å²) in [6.45, 7) is 3.53. The minimum atomic E-state index is -0.821. The molecule has 0 aromatic rings. The Balaban J connectivity index is 2.58. The summed E-state index contributed by atoms with van der Waals surface area (Å²) in [5.41, 5.74) is 0.812. The van der Waals surface area contributed by atoms with Crippen LogP contribution in [0.5, 0.6) is 0 Å². The molecule has 1 aliphatic rings. The van der Waals surface area contributed by atoms with E-state index in [1.807, 2.05) is 0 Å². The number of ether oxygens (including phenoxy) is 1. The van der Waals surface area contributed by atoms with Crippen LogP contribution in [0.25, 0.3) is 0 Å². The highest BCUT2D eigenvalue weighted by Crippen LogP contribution is 2.21. The molecule has 1 rings (SSSR count). The second kappa shape index (κ2) is 3.71. The van der Waals surface area contributed by atoms with Gasteiger partial charge in [0.05, 0.1) is 0 Å². The molecular weight excluding hydrogens is 143 g/mol. The van der Waals surface area contributed by atoms with Crippen molar-refractivity contribution < 1.29 is 14.4 Å². The molecule has 0 amide bonds. The SMILES string of the molecule is C=C/C=C1\CC(OC)OB1O. The van der Waals surface area contributed by atoms with E-state index < -0.39 is 7.12 Å². The van der Waals surface area contributed by atoms with Crippen molar-refractivity contribution in [3.63, 3.8) is 0 Å². The van der Waals surface area contributed by atoms with Gasteiger partial charge in [0.25, 0.3) is 0 Å². The van der Waals surface area contributed by atoms with E-state index in [0.717, 1.165) is 5.47 Å². The van der Waals surface area contributed by atoms with Crippen LogP contribution in [0.4, 0.5) is 0 Å². The quantitative estimate of drug-likeness (QED) is 0.589. The third kappa shape index (κ3) is 1.93. The van der Waals surface area contributed by atoms with Gasteiger partial charge in [-0.2, -0.15) is 0 Å². The van der Waals surface area contributed by atoms with Gasteiger partial charge in [-0.15, -0.1) is 0 Å². The Hall–Kier alpha value is -0.575. The number of rotatable bonds is 2. The van der Waals surface area contributed by atoms with E-state index in [0.29, 0.717) is 6.42 Å². The second-order valence-corrected chi connectivity index (χ2v) is 2.34. The van der Waals surface area contributed by atoms with Crippen LogP contribution in [0.1, 0.15) is 6.42 Å². The van der Waals surface area contributed by atoms with Gasteiger partial charge in [-0.1, -0.05) is 18.7 Å². The van der Waals surface area contributed by atoms with Gasteiger partial charge in [0.15, 0.2) is 0 Å². The lowest BCUT2D eigenvalue weighted by Gasteiger charge is -2.04. The van der Waals surface area contributed by atoms with Crippen LogP contribution in [-0.2, 0) is 9.39 Å². The molecule has 0 radical (unpaired) electrons. The van der Waals surface area contributed by atoms with E-state index in [2.05, 4.69) is 6.58 Å². The third-order valence-electron chi connectivity index (χ3n) is 1.60. The summed E-state index contributed by atoms with van der Waals surface area (Å²) in [5.74, 6) is 0. The fourth-order valence-electron chi connectivity index (χ4n) is 1.01. The zero-order chi connectivity index (χ0) is 8.27. The first-order valence-corrected chi connectivity index (χ1v) is 3.45. The zero-order valence-electron chi connectivity index (χ0n) is 6.49. The first-order valence-electron chi connectivity index (χ1n) is 3.45. The summed E-state index contributed by atoms with van der Waals surface area (Å²) in [6, 6.07) is 0. The van der Waals surface area contributed by atoms with Gasteiger partial charge in [-0.3, -0.25) is 0 Å². The summed E-state index contributed by atoms with van der Waals surface area (Å²) in [4.78, 5) is 0. The van der Waals surface area contributed by atoms with E-state index in [1.165, 1.54) is 0 Å². The molecule has 1 fully saturated rings. The lowest BCUT2D eigenvalue weighted by atomic mass is 9.80. The molecule has 11 heavy (non-hydrogen) atoms. The van der Waals surface area contributed by atoms with Crippen molar-refractivity contribution in [1.29, 1.82) is 0 Å². The molecule has 1 N–H and O–H groups in total. The Morgan fingerprint density at radius 2 is 2.64 bits per heavy atom. The minimum Gasteiger partial charge on any atom is -0.423 e. The summed E-state index contributed by atoms with van der Waals surface area (Å²) < 4.78 is 9.89. The smallest absolute Gasteiger partial charge is 0.423 e. The molecular formula is C7H11BO3. The summed E-state index contributed by atoms with van der Waals surface area (Å²) >= 11 is 0. The third-order valence-corrected chi connectivity index (χ3v) is 1.60. The molecule has 1 heterocycles. The van der Waals surface area contributed by atoms with Gasteiger partial charge >= 0.3 is 7.12 Å². The Kier molecular flexibility index (Phi) is 2.88. The molecule has 3 nitrogen and oxygen atoms in total. The number of allylic oxidation sites excluding steroid dienone is 2. The van der Waals surface area contributed by atoms with E-state index in [4.69, 9.17) is 9.39 Å². The van der Waals surface area contributed by atoms with Crippen LogP contribution >= 0.6 is 0 Å². The van der Waals surface area contributed by atoms with Crippen molar-refractivity contribution in [3.8, 4) is 0 Å². The van der Waals surface area contributed by atoms with Crippen molar-refractivity contribution in [2.45, 2.75) is 12.7 Å². The van der Waals surface area contributed by atoms with E-state index in [-0.39, 0.29) is 6.29 Å². The van der Waals surface area contributed by atoms with Crippen molar-refractivity contribution >= 4 is 7.12 Å². The molecule has 4 heteroatoms. The van der Waals surface area contributed by atoms with E-state index in [1.54, 1.807) is 19.3 Å². The van der Waals surface area contributed by atoms with E-state index >= 15 is 0 Å². The number of hydrogen-bond donors (Lipinski definition) is 1. The highest BCUT2D eigenvalue weighted by atomic mass is 16.7. The average Bonchev–Trinajstić information content (AvgIpc) is 2.33. The van der Waals surface area contributed by atoms with Crippen LogP contribution in [-0.4, -0.2) is 25.5 Å². The van der Waals surface area contributed by atoms with Crippen molar-refractivity contribution in [1.82, 2.24) is 0 Å². The van der Waals surface area contributed by atoms with Crippen molar-refractivity contribution in [2.75, 3.05) is 7.11 Å². The Morgan fingerprint density at radius 1 is 1.91 bits per heavy atom. The summed E-state index contributed by atoms with van der Waals surface area (Å²) in [5, 5.41) is 9.20. The summed E-state index contributed by atoms with van der Waals surface area (Å²) in [7, 11) is 0.728. The molecule has 1 aliphatic heterocycles. The molecule has 0 spiro atoms. The number of hydrogen-bond acceptors (Lipinski definition) is 3. The molecule has 0 aromatic carbocycles. The highest BCUT2D eigenvalue weighted by molar-refractivity contribution is 6.53. The van der Waals surface area contributed by atoms with Crippen LogP contribution in [0.15, 0.2) is 24.2 Å². The van der Waals surface area contributed by atoms with Gasteiger partial charge < -0.3 is 14.4 Å². The Labute approximate surface area is 66.5 Å². The average molecular weight is 154 g/mol. The topological polar surface area (TPSA) is 38.7 Å². The van der Waals surface area contributed by atoms with Crippen LogP contribution < -0.4 is 0 Å². The first-order chi connectivity index (χ1) is 5.27. The van der Waals surface area contributed by atoms with Crippen LogP contribution in [0.3, 0.4) is 0 Å². The molecule has 60 valence electrons. The standard InChI is InChI=1S/C7H11BO3/c1-3-4-6-5-7(10-2)11-8(6)9/h3-4,7,9H,1,5H2,2H3/b6-4+. The second-order valence-electron chi connectivity index (χ2n) is 2.34. The predicted octanol–water partition coefficient (Wildman–Crippen LogP) is 0.511. The first kappa shape index (κ1) is 8.52. The normalized spacial score (nSPS) is 28.0. The van der Waals surface area contributed by atoms with Gasteiger partial charge in [0, 0.05) is 13.5 Å². The van der Waals surface area contributed by atoms with E-state index in [9.17, 15) is 5.02 Å². The molecule has 0 bridgehead atoms. The zero-order valence-corrected chi connectivity index (χ0v) is 6.49. The van der Waals surface area contributed by atoms with Gasteiger partial charge in [0.2, 0.25) is 0 Å². The molecule has 0 aliphatic carbocycles. The molecule has 1 unspecified atom stereocenters. The molecule has 0 aromatic heterocycles. The fourth-order valence-corrected chi connectivity index (χ4v) is 1.01. The molecule has 1 atom stereocenters. The Bertz CT molecular complexity index is 179. The maximum atomic E-state index is 9.20. The fraction of sp³-hybridized carbons (Fsp3) is 0.429. The van der Waals surface area contributed by atoms with Gasteiger partial charge in [-0.25, -0.2) is 0 Å². The number of methoxy groups -OCH3 is 1. The van der Waals surface area contributed by atoms with Crippen LogP contribution in [0, 0.1) is 0 Å². The minimum absolute atomic E-state index is 0.309. The maximum absolute atomic E-state index is 9.20. The van der Waals surface area contributed by atoms with Crippen molar-refractivity contribution in [3.05, 3.63) is 24.2 Å². The highest BCUT2D eigenvalue weighted by Gasteiger charge is 2.32. The van der Waals surface area contributed by atoms with Crippen LogP contribution in [0.2, 0.25) is 0 Å². The lowest BCUT2D eigenvalue weighted by molar-refractivity contribution is -0.0469. The lowest BCUT2D eigenvalue weighted by Crippen LogP contribution is -2.16. The maximum Gasteiger partial charge on any atom is 0.488 e. The monoisotopic (exact) mass is 154 g/mol. The van der Waals surface area contributed by atoms with Crippen molar-refractivity contribution in [2.24, 2.45) is 0 Å². The summed E-state index contributed by atoms with van der Waals surface area (Å²) in [6.07, 6.45) is 3.67. The molecule has 1 saturated heterocycles. The molecule has 0 saturated carbocycles. The predicted molar refractivity (Wildman–Crippen MR) is 42.8 cm³/mol. The van der Waals surface area contributed by atoms with Gasteiger partial charge in [0.1, 0.15) is 6.29 Å².